The Labute approximate surface area is 108 Å². The van der Waals surface area contributed by atoms with Crippen LogP contribution in [-0.2, 0) is 6.61 Å². The second kappa shape index (κ2) is 4.62. The van der Waals surface area contributed by atoms with Crippen LogP contribution < -0.4 is 10.5 Å². The molecule has 0 fully saturated rings. The molecule has 2 heterocycles. The topological polar surface area (TPSA) is 61.0 Å². The normalized spacial score (nSPS) is 10.7. The molecule has 18 heavy (non-hydrogen) atoms. The van der Waals surface area contributed by atoms with Gasteiger partial charge in [-0.25, -0.2) is 9.97 Å². The van der Waals surface area contributed by atoms with Crippen molar-refractivity contribution in [3.8, 4) is 5.75 Å². The first-order chi connectivity index (χ1) is 8.83. The van der Waals surface area contributed by atoms with Crippen LogP contribution in [0.2, 0.25) is 0 Å². The average Bonchev–Trinajstić information content (AvgIpc) is 2.78. The number of nitrogens with zero attached hydrogens (tertiary/aromatic N) is 2. The van der Waals surface area contributed by atoms with Gasteiger partial charge in [-0.05, 0) is 5.56 Å². The summed E-state index contributed by atoms with van der Waals surface area (Å²) in [5.41, 5.74) is 7.53. The van der Waals surface area contributed by atoms with Gasteiger partial charge in [0.2, 0.25) is 0 Å². The molecule has 0 aliphatic heterocycles. The van der Waals surface area contributed by atoms with Crippen molar-refractivity contribution < 1.29 is 4.74 Å². The fourth-order valence-corrected chi connectivity index (χ4v) is 2.37. The van der Waals surface area contributed by atoms with Crippen LogP contribution >= 0.6 is 11.3 Å². The van der Waals surface area contributed by atoms with Crippen LogP contribution in [0.25, 0.3) is 10.3 Å². The van der Waals surface area contributed by atoms with E-state index in [4.69, 9.17) is 10.5 Å². The van der Waals surface area contributed by atoms with Crippen molar-refractivity contribution in [2.24, 2.45) is 0 Å². The van der Waals surface area contributed by atoms with Gasteiger partial charge in [0.25, 0.3) is 0 Å². The highest BCUT2D eigenvalue weighted by Crippen LogP contribution is 2.29. The zero-order chi connectivity index (χ0) is 12.4. The molecule has 2 N–H and O–H groups in total. The second-order valence-corrected chi connectivity index (χ2v) is 4.80. The molecular weight excluding hydrogens is 246 g/mol. The van der Waals surface area contributed by atoms with Crippen molar-refractivity contribution in [2.75, 3.05) is 5.73 Å². The summed E-state index contributed by atoms with van der Waals surface area (Å²) in [5, 5.41) is 0.508. The number of benzene rings is 1. The smallest absolute Gasteiger partial charge is 0.182 e. The van der Waals surface area contributed by atoms with Gasteiger partial charge in [-0.1, -0.05) is 41.7 Å². The Morgan fingerprint density at radius 3 is 2.83 bits per heavy atom. The molecule has 0 atom stereocenters. The first-order valence-electron chi connectivity index (χ1n) is 5.50. The monoisotopic (exact) mass is 257 g/mol. The van der Waals surface area contributed by atoms with Gasteiger partial charge in [-0.3, -0.25) is 0 Å². The summed E-state index contributed by atoms with van der Waals surface area (Å²) < 4.78 is 5.77. The van der Waals surface area contributed by atoms with Crippen LogP contribution in [0, 0.1) is 0 Å². The highest BCUT2D eigenvalue weighted by Gasteiger charge is 2.08. The first kappa shape index (κ1) is 11.0. The van der Waals surface area contributed by atoms with E-state index in [1.165, 1.54) is 11.3 Å². The minimum Gasteiger partial charge on any atom is -0.486 e. The number of anilines is 1. The van der Waals surface area contributed by atoms with Gasteiger partial charge in [0.1, 0.15) is 22.7 Å². The molecule has 0 aliphatic rings. The molecule has 0 unspecified atom stereocenters. The Kier molecular flexibility index (Phi) is 2.82. The van der Waals surface area contributed by atoms with Crippen LogP contribution in [-0.4, -0.2) is 9.97 Å². The third kappa shape index (κ3) is 2.12. The van der Waals surface area contributed by atoms with Gasteiger partial charge in [-0.2, -0.15) is 0 Å². The molecular formula is C13H11N3OS. The zero-order valence-corrected chi connectivity index (χ0v) is 10.4. The molecule has 90 valence electrons. The lowest BCUT2D eigenvalue weighted by Gasteiger charge is -2.06. The second-order valence-electron chi connectivity index (χ2n) is 3.79. The maximum atomic E-state index is 5.77. The van der Waals surface area contributed by atoms with Crippen LogP contribution in [0.15, 0.2) is 42.6 Å². The minimum absolute atomic E-state index is 0.508. The summed E-state index contributed by atoms with van der Waals surface area (Å²) in [6.45, 7) is 0.511. The number of hydrogen-bond donors (Lipinski definition) is 1. The summed E-state index contributed by atoms with van der Waals surface area (Å²) in [5.74, 6) is 0.719. The zero-order valence-electron chi connectivity index (χ0n) is 9.54. The fourth-order valence-electron chi connectivity index (χ4n) is 1.68. The van der Waals surface area contributed by atoms with E-state index >= 15 is 0 Å². The van der Waals surface area contributed by atoms with Gasteiger partial charge in [-0.15, -0.1) is 0 Å². The Balaban J connectivity index is 1.86. The first-order valence-corrected chi connectivity index (χ1v) is 6.32. The van der Waals surface area contributed by atoms with Crippen molar-refractivity contribution in [3.05, 3.63) is 48.2 Å². The molecule has 2 aromatic heterocycles. The number of thiazole rings is 1. The highest BCUT2D eigenvalue weighted by molar-refractivity contribution is 7.21. The third-order valence-corrected chi connectivity index (χ3v) is 3.31. The van der Waals surface area contributed by atoms with Gasteiger partial charge < -0.3 is 10.5 Å². The summed E-state index contributed by atoms with van der Waals surface area (Å²) in [6, 6.07) is 11.8. The SMILES string of the molecule is Nc1nc2c(OCc3ccccc3)ccnc2s1. The quantitative estimate of drug-likeness (QED) is 0.783. The van der Waals surface area contributed by atoms with Crippen LogP contribution in [0.5, 0.6) is 5.75 Å². The molecule has 4 nitrogen and oxygen atoms in total. The third-order valence-electron chi connectivity index (χ3n) is 2.51. The standard InChI is InChI=1S/C13H11N3OS/c14-13-16-11-10(6-7-15-12(11)18-13)17-8-9-4-2-1-3-5-9/h1-7H,8H2,(H2,14,16). The average molecular weight is 257 g/mol. The summed E-state index contributed by atoms with van der Waals surface area (Å²) in [7, 11) is 0. The molecule has 0 amide bonds. The number of rotatable bonds is 3. The number of pyridine rings is 1. The molecule has 0 spiro atoms. The van der Waals surface area contributed by atoms with Crippen molar-refractivity contribution in [1.29, 1.82) is 0 Å². The summed E-state index contributed by atoms with van der Waals surface area (Å²) >= 11 is 1.36. The maximum absolute atomic E-state index is 5.77. The molecule has 3 rings (SSSR count). The molecule has 0 saturated heterocycles. The van der Waals surface area contributed by atoms with E-state index in [0.717, 1.165) is 21.7 Å². The lowest BCUT2D eigenvalue weighted by Crippen LogP contribution is -1.96. The van der Waals surface area contributed by atoms with E-state index in [0.29, 0.717) is 11.7 Å². The molecule has 0 aliphatic carbocycles. The molecule has 1 aromatic carbocycles. The van der Waals surface area contributed by atoms with E-state index in [1.807, 2.05) is 36.4 Å². The van der Waals surface area contributed by atoms with E-state index in [-0.39, 0.29) is 0 Å². The largest absolute Gasteiger partial charge is 0.486 e. The van der Waals surface area contributed by atoms with E-state index in [9.17, 15) is 0 Å². The Morgan fingerprint density at radius 1 is 1.17 bits per heavy atom. The number of aromatic nitrogens is 2. The number of ether oxygens (including phenoxy) is 1. The van der Waals surface area contributed by atoms with Crippen LogP contribution in [0.3, 0.4) is 0 Å². The van der Waals surface area contributed by atoms with Crippen molar-refractivity contribution in [2.45, 2.75) is 6.61 Å². The molecule has 3 aromatic rings. The van der Waals surface area contributed by atoms with E-state index in [2.05, 4.69) is 9.97 Å². The fraction of sp³-hybridized carbons (Fsp3) is 0.0769. The Hall–Kier alpha value is -2.14. The van der Waals surface area contributed by atoms with Crippen LogP contribution in [0.1, 0.15) is 5.56 Å². The molecule has 0 radical (unpaired) electrons. The number of fused-ring (bicyclic) bond motifs is 1. The molecule has 0 saturated carbocycles. The number of nitrogen functional groups attached to an aromatic ring is 1. The molecule has 5 heteroatoms. The Morgan fingerprint density at radius 2 is 2.00 bits per heavy atom. The predicted octanol–water partition coefficient (Wildman–Crippen LogP) is 2.85. The number of nitrogens with two attached hydrogens (primary N) is 1. The van der Waals surface area contributed by atoms with Crippen molar-refractivity contribution >= 4 is 26.8 Å². The van der Waals surface area contributed by atoms with Gasteiger partial charge in [0, 0.05) is 12.3 Å². The minimum atomic E-state index is 0.508. The summed E-state index contributed by atoms with van der Waals surface area (Å²) in [6.07, 6.45) is 1.71. The van der Waals surface area contributed by atoms with Crippen molar-refractivity contribution in [1.82, 2.24) is 9.97 Å². The van der Waals surface area contributed by atoms with Gasteiger partial charge >= 0.3 is 0 Å². The number of hydrogen-bond acceptors (Lipinski definition) is 5. The van der Waals surface area contributed by atoms with Crippen LogP contribution in [0.4, 0.5) is 5.13 Å². The lowest BCUT2D eigenvalue weighted by molar-refractivity contribution is 0.309. The highest BCUT2D eigenvalue weighted by atomic mass is 32.1. The van der Waals surface area contributed by atoms with E-state index in [1.54, 1.807) is 6.20 Å². The summed E-state index contributed by atoms with van der Waals surface area (Å²) in [4.78, 5) is 9.25. The van der Waals surface area contributed by atoms with Crippen molar-refractivity contribution in [3.63, 3.8) is 0 Å². The van der Waals surface area contributed by atoms with Gasteiger partial charge in [0.15, 0.2) is 5.13 Å². The predicted molar refractivity (Wildman–Crippen MR) is 72.6 cm³/mol. The lowest BCUT2D eigenvalue weighted by atomic mass is 10.2. The maximum Gasteiger partial charge on any atom is 0.182 e. The van der Waals surface area contributed by atoms with E-state index < -0.39 is 0 Å². The molecule has 0 bridgehead atoms. The van der Waals surface area contributed by atoms with Gasteiger partial charge in [0.05, 0.1) is 0 Å². The Bertz CT molecular complexity index is 666.